The number of sulfonamides is 1. The molecule has 3 rings (SSSR count). The molecule has 0 atom stereocenters. The van der Waals surface area contributed by atoms with E-state index in [9.17, 15) is 12.8 Å². The highest BCUT2D eigenvalue weighted by Gasteiger charge is 2.28. The molecule has 134 valence electrons. The minimum absolute atomic E-state index is 0.208. The Labute approximate surface area is 147 Å². The Morgan fingerprint density at radius 3 is 2.24 bits per heavy atom. The average molecular weight is 364 g/mol. The van der Waals surface area contributed by atoms with E-state index >= 15 is 0 Å². The van der Waals surface area contributed by atoms with E-state index in [0.717, 1.165) is 11.4 Å². The summed E-state index contributed by atoms with van der Waals surface area (Å²) in [5.41, 5.74) is 1.24. The normalized spacial score (nSPS) is 16.0. The maximum atomic E-state index is 13.7. The second kappa shape index (κ2) is 7.41. The lowest BCUT2D eigenvalue weighted by Crippen LogP contribution is -2.49. The molecule has 0 amide bonds. The SMILES string of the molecule is COc1ccc(N2CCN(S(=O)(=O)Cc3ccccc3F)CC2)cc1. The van der Waals surface area contributed by atoms with E-state index in [2.05, 4.69) is 4.90 Å². The molecule has 1 aliphatic heterocycles. The maximum absolute atomic E-state index is 13.7. The van der Waals surface area contributed by atoms with E-state index < -0.39 is 15.8 Å². The van der Waals surface area contributed by atoms with E-state index in [0.29, 0.717) is 26.2 Å². The number of methoxy groups -OCH3 is 1. The lowest BCUT2D eigenvalue weighted by Gasteiger charge is -2.35. The van der Waals surface area contributed by atoms with Crippen LogP contribution in [0.4, 0.5) is 10.1 Å². The van der Waals surface area contributed by atoms with Gasteiger partial charge in [-0.25, -0.2) is 12.8 Å². The summed E-state index contributed by atoms with van der Waals surface area (Å²) in [6.07, 6.45) is 0. The van der Waals surface area contributed by atoms with Crippen molar-refractivity contribution in [2.45, 2.75) is 5.75 Å². The Morgan fingerprint density at radius 2 is 1.64 bits per heavy atom. The van der Waals surface area contributed by atoms with E-state index in [1.165, 1.54) is 16.4 Å². The largest absolute Gasteiger partial charge is 0.497 e. The predicted octanol–water partition coefficient (Wildman–Crippen LogP) is 2.49. The highest BCUT2D eigenvalue weighted by atomic mass is 32.2. The minimum Gasteiger partial charge on any atom is -0.497 e. The molecule has 1 saturated heterocycles. The Kier molecular flexibility index (Phi) is 5.24. The van der Waals surface area contributed by atoms with Crippen molar-refractivity contribution in [1.82, 2.24) is 4.31 Å². The molecule has 7 heteroatoms. The van der Waals surface area contributed by atoms with Crippen LogP contribution < -0.4 is 9.64 Å². The smallest absolute Gasteiger partial charge is 0.218 e. The van der Waals surface area contributed by atoms with Gasteiger partial charge in [0.1, 0.15) is 11.6 Å². The Morgan fingerprint density at radius 1 is 1.00 bits per heavy atom. The van der Waals surface area contributed by atoms with Crippen molar-refractivity contribution in [3.05, 3.63) is 59.9 Å². The summed E-state index contributed by atoms with van der Waals surface area (Å²) >= 11 is 0. The Bertz CT molecular complexity index is 816. The number of hydrogen-bond donors (Lipinski definition) is 0. The van der Waals surface area contributed by atoms with Gasteiger partial charge in [0.05, 0.1) is 12.9 Å². The molecule has 1 aliphatic rings. The summed E-state index contributed by atoms with van der Waals surface area (Å²) in [7, 11) is -1.91. The van der Waals surface area contributed by atoms with Crippen molar-refractivity contribution in [3.63, 3.8) is 0 Å². The quantitative estimate of drug-likeness (QED) is 0.818. The number of benzene rings is 2. The second-order valence-corrected chi connectivity index (χ2v) is 7.90. The summed E-state index contributed by atoms with van der Waals surface area (Å²) in [5, 5.41) is 0. The number of ether oxygens (including phenoxy) is 1. The van der Waals surface area contributed by atoms with Gasteiger partial charge < -0.3 is 9.64 Å². The Balaban J connectivity index is 1.63. The fraction of sp³-hybridized carbons (Fsp3) is 0.333. The van der Waals surface area contributed by atoms with Gasteiger partial charge in [-0.15, -0.1) is 0 Å². The average Bonchev–Trinajstić information content (AvgIpc) is 2.64. The van der Waals surface area contributed by atoms with Gasteiger partial charge >= 0.3 is 0 Å². The van der Waals surface area contributed by atoms with Gasteiger partial charge in [-0.1, -0.05) is 18.2 Å². The second-order valence-electron chi connectivity index (χ2n) is 5.93. The number of rotatable bonds is 5. The highest BCUT2D eigenvalue weighted by Crippen LogP contribution is 2.22. The molecule has 0 N–H and O–H groups in total. The van der Waals surface area contributed by atoms with Gasteiger partial charge in [0, 0.05) is 37.4 Å². The van der Waals surface area contributed by atoms with Crippen molar-refractivity contribution >= 4 is 15.7 Å². The first kappa shape index (κ1) is 17.7. The molecular weight excluding hydrogens is 343 g/mol. The first-order chi connectivity index (χ1) is 12.0. The van der Waals surface area contributed by atoms with Crippen LogP contribution in [0.15, 0.2) is 48.5 Å². The zero-order valence-electron chi connectivity index (χ0n) is 14.1. The number of anilines is 1. The molecule has 2 aromatic carbocycles. The van der Waals surface area contributed by atoms with Gasteiger partial charge in [-0.2, -0.15) is 4.31 Å². The molecule has 25 heavy (non-hydrogen) atoms. The highest BCUT2D eigenvalue weighted by molar-refractivity contribution is 7.88. The van der Waals surface area contributed by atoms with E-state index in [4.69, 9.17) is 4.74 Å². The zero-order valence-corrected chi connectivity index (χ0v) is 14.9. The van der Waals surface area contributed by atoms with Crippen molar-refractivity contribution in [3.8, 4) is 5.75 Å². The van der Waals surface area contributed by atoms with Crippen LogP contribution in [0.5, 0.6) is 5.75 Å². The monoisotopic (exact) mass is 364 g/mol. The van der Waals surface area contributed by atoms with Crippen LogP contribution in [0, 0.1) is 5.82 Å². The van der Waals surface area contributed by atoms with Crippen LogP contribution in [0.3, 0.4) is 0 Å². The van der Waals surface area contributed by atoms with Gasteiger partial charge in [0.25, 0.3) is 0 Å². The lowest BCUT2D eigenvalue weighted by molar-refractivity contribution is 0.384. The maximum Gasteiger partial charge on any atom is 0.218 e. The summed E-state index contributed by atoms with van der Waals surface area (Å²) in [4.78, 5) is 2.13. The molecule has 0 spiro atoms. The third-order valence-electron chi connectivity index (χ3n) is 4.37. The standard InChI is InChI=1S/C18H21FN2O3S/c1-24-17-8-6-16(7-9-17)20-10-12-21(13-11-20)25(22,23)14-15-4-2-3-5-18(15)19/h2-9H,10-14H2,1H3. The number of hydrogen-bond acceptors (Lipinski definition) is 4. The third kappa shape index (κ3) is 4.11. The molecular formula is C18H21FN2O3S. The fourth-order valence-electron chi connectivity index (χ4n) is 2.92. The van der Waals surface area contributed by atoms with Crippen molar-refractivity contribution < 1.29 is 17.5 Å². The number of piperazine rings is 1. The molecule has 0 saturated carbocycles. The van der Waals surface area contributed by atoms with Crippen LogP contribution in [0.25, 0.3) is 0 Å². The molecule has 0 bridgehead atoms. The summed E-state index contributed by atoms with van der Waals surface area (Å²) in [5.74, 6) is 0.000150. The van der Waals surface area contributed by atoms with Crippen LogP contribution in [0.1, 0.15) is 5.56 Å². The van der Waals surface area contributed by atoms with E-state index in [-0.39, 0.29) is 11.3 Å². The third-order valence-corrected chi connectivity index (χ3v) is 6.19. The molecule has 5 nitrogen and oxygen atoms in total. The molecule has 1 heterocycles. The molecule has 0 radical (unpaired) electrons. The molecule has 2 aromatic rings. The molecule has 0 aromatic heterocycles. The van der Waals surface area contributed by atoms with Crippen LogP contribution in [0.2, 0.25) is 0 Å². The summed E-state index contributed by atoms with van der Waals surface area (Å²) in [6.45, 7) is 1.98. The van der Waals surface area contributed by atoms with Crippen LogP contribution in [-0.2, 0) is 15.8 Å². The molecule has 0 unspecified atom stereocenters. The van der Waals surface area contributed by atoms with Gasteiger partial charge in [0.15, 0.2) is 0 Å². The summed E-state index contributed by atoms with van der Waals surface area (Å²) < 4.78 is 45.4. The van der Waals surface area contributed by atoms with Gasteiger partial charge in [-0.05, 0) is 30.3 Å². The number of halogens is 1. The van der Waals surface area contributed by atoms with Gasteiger partial charge in [0.2, 0.25) is 10.0 Å². The predicted molar refractivity (Wildman–Crippen MR) is 95.8 cm³/mol. The van der Waals surface area contributed by atoms with Crippen LogP contribution in [-0.4, -0.2) is 46.0 Å². The summed E-state index contributed by atoms with van der Waals surface area (Å²) in [6, 6.07) is 13.7. The first-order valence-corrected chi connectivity index (χ1v) is 9.71. The zero-order chi connectivity index (χ0) is 17.9. The topological polar surface area (TPSA) is 49.9 Å². The van der Waals surface area contributed by atoms with Crippen molar-refractivity contribution in [2.24, 2.45) is 0 Å². The van der Waals surface area contributed by atoms with Crippen molar-refractivity contribution in [2.75, 3.05) is 38.2 Å². The first-order valence-electron chi connectivity index (χ1n) is 8.10. The molecule has 0 aliphatic carbocycles. The fourth-order valence-corrected chi connectivity index (χ4v) is 4.45. The lowest BCUT2D eigenvalue weighted by atomic mass is 10.2. The van der Waals surface area contributed by atoms with Gasteiger partial charge in [-0.3, -0.25) is 0 Å². The van der Waals surface area contributed by atoms with Crippen molar-refractivity contribution in [1.29, 1.82) is 0 Å². The van der Waals surface area contributed by atoms with E-state index in [1.54, 1.807) is 19.2 Å². The van der Waals surface area contributed by atoms with Crippen LogP contribution >= 0.6 is 0 Å². The molecule has 1 fully saturated rings. The van der Waals surface area contributed by atoms with E-state index in [1.807, 2.05) is 24.3 Å². The minimum atomic E-state index is -3.53. The Hall–Kier alpha value is -2.12. The number of nitrogens with zero attached hydrogens (tertiary/aromatic N) is 2.